The third-order valence-corrected chi connectivity index (χ3v) is 2.57. The molecule has 108 valence electrons. The van der Waals surface area contributed by atoms with Gasteiger partial charge < -0.3 is 14.2 Å². The molecular formula is C14H16ClNO4. The molecule has 6 heteroatoms. The van der Waals surface area contributed by atoms with Crippen molar-refractivity contribution in [2.45, 2.75) is 33.0 Å². The molecule has 0 saturated carbocycles. The molecule has 0 heterocycles. The third kappa shape index (κ3) is 4.04. The van der Waals surface area contributed by atoms with Crippen molar-refractivity contribution < 1.29 is 19.0 Å². The minimum atomic E-state index is -0.834. The molecule has 0 aliphatic carbocycles. The van der Waals surface area contributed by atoms with E-state index in [-0.39, 0.29) is 16.7 Å². The first-order chi connectivity index (χ1) is 9.38. The Morgan fingerprint density at radius 2 is 2.00 bits per heavy atom. The fraction of sp³-hybridized carbons (Fsp3) is 0.429. The molecule has 0 unspecified atom stereocenters. The third-order valence-electron chi connectivity index (χ3n) is 2.28. The van der Waals surface area contributed by atoms with E-state index in [0.29, 0.717) is 11.5 Å². The molecule has 1 rings (SSSR count). The fourth-order valence-electron chi connectivity index (χ4n) is 1.44. The number of ether oxygens (including phenoxy) is 3. The lowest BCUT2D eigenvalue weighted by atomic mass is 10.2. The topological polar surface area (TPSA) is 68.5 Å². The van der Waals surface area contributed by atoms with Crippen LogP contribution < -0.4 is 9.47 Å². The second kappa shape index (κ2) is 7.01. The molecule has 0 N–H and O–H groups in total. The molecule has 0 bridgehead atoms. The molecule has 0 amide bonds. The molecule has 0 saturated heterocycles. The van der Waals surface area contributed by atoms with Crippen molar-refractivity contribution >= 4 is 17.6 Å². The number of benzene rings is 1. The number of carbonyl (C=O) groups excluding carboxylic acids is 1. The highest BCUT2D eigenvalue weighted by molar-refractivity contribution is 6.32. The summed E-state index contributed by atoms with van der Waals surface area (Å²) in [7, 11) is 1.45. The van der Waals surface area contributed by atoms with Gasteiger partial charge in [-0.1, -0.05) is 11.6 Å². The van der Waals surface area contributed by atoms with Crippen LogP contribution in [0.5, 0.6) is 11.5 Å². The van der Waals surface area contributed by atoms with E-state index in [1.165, 1.54) is 26.2 Å². The minimum absolute atomic E-state index is 0.0854. The van der Waals surface area contributed by atoms with Gasteiger partial charge >= 0.3 is 5.97 Å². The summed E-state index contributed by atoms with van der Waals surface area (Å²) < 4.78 is 15.6. The van der Waals surface area contributed by atoms with Crippen molar-refractivity contribution in [1.29, 1.82) is 5.26 Å². The minimum Gasteiger partial charge on any atom is -0.493 e. The van der Waals surface area contributed by atoms with Crippen LogP contribution in [0.3, 0.4) is 0 Å². The zero-order valence-electron chi connectivity index (χ0n) is 11.8. The van der Waals surface area contributed by atoms with E-state index in [2.05, 4.69) is 0 Å². The van der Waals surface area contributed by atoms with E-state index >= 15 is 0 Å². The lowest BCUT2D eigenvalue weighted by Gasteiger charge is -2.16. The van der Waals surface area contributed by atoms with Crippen LogP contribution in [0.1, 0.15) is 31.1 Å². The van der Waals surface area contributed by atoms with Gasteiger partial charge in [-0.3, -0.25) is 0 Å². The van der Waals surface area contributed by atoms with E-state index in [0.717, 1.165) is 0 Å². The van der Waals surface area contributed by atoms with E-state index < -0.39 is 12.1 Å². The molecule has 20 heavy (non-hydrogen) atoms. The maximum Gasteiger partial charge on any atom is 0.339 e. The van der Waals surface area contributed by atoms with Gasteiger partial charge in [0.2, 0.25) is 0 Å². The van der Waals surface area contributed by atoms with Crippen LogP contribution in [0, 0.1) is 11.3 Å². The van der Waals surface area contributed by atoms with Crippen molar-refractivity contribution in [2.24, 2.45) is 0 Å². The molecular weight excluding hydrogens is 282 g/mol. The first-order valence-electron chi connectivity index (χ1n) is 6.03. The Balaban J connectivity index is 3.10. The molecule has 0 spiro atoms. The molecule has 1 aromatic rings. The summed E-state index contributed by atoms with van der Waals surface area (Å²) in [5.74, 6) is 0.0622. The van der Waals surface area contributed by atoms with Crippen molar-refractivity contribution in [3.05, 3.63) is 22.7 Å². The van der Waals surface area contributed by atoms with E-state index in [1.54, 1.807) is 0 Å². The predicted octanol–water partition coefficient (Wildman–Crippen LogP) is 3.20. The summed E-state index contributed by atoms with van der Waals surface area (Å²) >= 11 is 6.09. The van der Waals surface area contributed by atoms with Gasteiger partial charge in [0.1, 0.15) is 6.07 Å². The van der Waals surface area contributed by atoms with E-state index in [9.17, 15) is 4.79 Å². The number of rotatable bonds is 5. The van der Waals surface area contributed by atoms with Gasteiger partial charge in [0.05, 0.1) is 23.8 Å². The maximum absolute atomic E-state index is 11.8. The normalized spacial score (nSPS) is 11.7. The Bertz CT molecular complexity index is 537. The number of methoxy groups -OCH3 is 1. The fourth-order valence-corrected chi connectivity index (χ4v) is 1.70. The monoisotopic (exact) mass is 297 g/mol. The SMILES string of the molecule is COc1cc(C(=O)O[C@@H](C)C#N)cc(Cl)c1OC(C)C. The van der Waals surface area contributed by atoms with Gasteiger partial charge in [-0.15, -0.1) is 0 Å². The van der Waals surface area contributed by atoms with Gasteiger partial charge in [0.15, 0.2) is 17.6 Å². The summed E-state index contributed by atoms with van der Waals surface area (Å²) in [4.78, 5) is 11.8. The summed E-state index contributed by atoms with van der Waals surface area (Å²) in [5, 5.41) is 8.88. The van der Waals surface area contributed by atoms with E-state index in [4.69, 9.17) is 31.1 Å². The largest absolute Gasteiger partial charge is 0.493 e. The maximum atomic E-state index is 11.8. The average molecular weight is 298 g/mol. The van der Waals surface area contributed by atoms with Crippen molar-refractivity contribution in [1.82, 2.24) is 0 Å². The number of nitriles is 1. The lowest BCUT2D eigenvalue weighted by molar-refractivity contribution is 0.0435. The van der Waals surface area contributed by atoms with Gasteiger partial charge in [-0.2, -0.15) is 5.26 Å². The first kappa shape index (κ1) is 16.1. The zero-order valence-corrected chi connectivity index (χ0v) is 12.5. The van der Waals surface area contributed by atoms with Crippen LogP contribution >= 0.6 is 11.6 Å². The molecule has 5 nitrogen and oxygen atoms in total. The summed E-state index contributed by atoms with van der Waals surface area (Å²) in [6.07, 6.45) is -0.920. The molecule has 1 aromatic carbocycles. The van der Waals surface area contributed by atoms with Crippen LogP contribution in [0.2, 0.25) is 5.02 Å². The Hall–Kier alpha value is -1.93. The summed E-state index contributed by atoms with van der Waals surface area (Å²) in [6.45, 7) is 5.19. The van der Waals surface area contributed by atoms with Gasteiger partial charge in [-0.25, -0.2) is 4.79 Å². The summed E-state index contributed by atoms with van der Waals surface area (Å²) in [5.41, 5.74) is 0.199. The number of halogens is 1. The standard InChI is InChI=1S/C14H16ClNO4/c1-8(2)19-13-11(15)5-10(6-12(13)18-4)14(17)20-9(3)7-16/h5-6,8-9H,1-4H3/t9-/m0/s1. The Morgan fingerprint density at radius 3 is 2.50 bits per heavy atom. The Kier molecular flexibility index (Phi) is 5.66. The zero-order chi connectivity index (χ0) is 15.3. The number of hydrogen-bond donors (Lipinski definition) is 0. The molecule has 0 radical (unpaired) electrons. The quantitative estimate of drug-likeness (QED) is 0.781. The second-order valence-electron chi connectivity index (χ2n) is 4.33. The van der Waals surface area contributed by atoms with Crippen LogP contribution in [-0.4, -0.2) is 25.3 Å². The second-order valence-corrected chi connectivity index (χ2v) is 4.74. The highest BCUT2D eigenvalue weighted by atomic mass is 35.5. The van der Waals surface area contributed by atoms with Crippen molar-refractivity contribution in [3.63, 3.8) is 0 Å². The van der Waals surface area contributed by atoms with Crippen LogP contribution in [0.15, 0.2) is 12.1 Å². The first-order valence-corrected chi connectivity index (χ1v) is 6.41. The highest BCUT2D eigenvalue weighted by Crippen LogP contribution is 2.37. The molecule has 0 aromatic heterocycles. The Labute approximate surface area is 123 Å². The smallest absolute Gasteiger partial charge is 0.339 e. The summed E-state index contributed by atoms with van der Waals surface area (Å²) in [6, 6.07) is 4.71. The Morgan fingerprint density at radius 1 is 1.35 bits per heavy atom. The molecule has 0 fully saturated rings. The van der Waals surface area contributed by atoms with Gasteiger partial charge in [0.25, 0.3) is 0 Å². The van der Waals surface area contributed by atoms with Gasteiger partial charge in [0, 0.05) is 0 Å². The van der Waals surface area contributed by atoms with Gasteiger partial charge in [-0.05, 0) is 32.9 Å². The highest BCUT2D eigenvalue weighted by Gasteiger charge is 2.19. The van der Waals surface area contributed by atoms with Crippen molar-refractivity contribution in [2.75, 3.05) is 7.11 Å². The van der Waals surface area contributed by atoms with Crippen LogP contribution in [-0.2, 0) is 4.74 Å². The number of esters is 1. The predicted molar refractivity (Wildman–Crippen MR) is 74.3 cm³/mol. The molecule has 0 aliphatic heterocycles. The molecule has 0 aliphatic rings. The van der Waals surface area contributed by atoms with Crippen LogP contribution in [0.4, 0.5) is 0 Å². The number of carbonyl (C=O) groups is 1. The van der Waals surface area contributed by atoms with Crippen molar-refractivity contribution in [3.8, 4) is 17.6 Å². The number of hydrogen-bond acceptors (Lipinski definition) is 5. The average Bonchev–Trinajstić information content (AvgIpc) is 2.39. The number of nitrogens with zero attached hydrogens (tertiary/aromatic N) is 1. The van der Waals surface area contributed by atoms with Crippen LogP contribution in [0.25, 0.3) is 0 Å². The van der Waals surface area contributed by atoms with E-state index in [1.807, 2.05) is 19.9 Å². The lowest BCUT2D eigenvalue weighted by Crippen LogP contribution is -2.14. The molecule has 1 atom stereocenters.